The number of hydrogen-bond acceptors (Lipinski definition) is 3. The Morgan fingerprint density at radius 3 is 2.50 bits per heavy atom. The summed E-state index contributed by atoms with van der Waals surface area (Å²) in [6.45, 7) is 2.21. The number of amides is 1. The van der Waals surface area contributed by atoms with Gasteiger partial charge in [-0.05, 0) is 35.9 Å². The number of benzene rings is 3. The average Bonchev–Trinajstić information content (AvgIpc) is 3.28. The molecule has 1 saturated heterocycles. The summed E-state index contributed by atoms with van der Waals surface area (Å²) in [5.41, 5.74) is 1.98. The van der Waals surface area contributed by atoms with Gasteiger partial charge in [-0.25, -0.2) is 4.98 Å². The van der Waals surface area contributed by atoms with Crippen molar-refractivity contribution in [3.05, 3.63) is 101 Å². The van der Waals surface area contributed by atoms with E-state index in [2.05, 4.69) is 22.0 Å². The van der Waals surface area contributed by atoms with Gasteiger partial charge in [0, 0.05) is 31.7 Å². The van der Waals surface area contributed by atoms with Crippen molar-refractivity contribution in [2.45, 2.75) is 18.8 Å². The molecule has 0 radical (unpaired) electrons. The maximum atomic E-state index is 13.4. The number of nitrogens with one attached hydrogen (secondary N) is 1. The van der Waals surface area contributed by atoms with Gasteiger partial charge in [-0.2, -0.15) is 13.2 Å². The van der Waals surface area contributed by atoms with Gasteiger partial charge >= 0.3 is 6.18 Å². The van der Waals surface area contributed by atoms with E-state index in [1.807, 2.05) is 42.5 Å². The van der Waals surface area contributed by atoms with Crippen molar-refractivity contribution in [3.8, 4) is 0 Å². The summed E-state index contributed by atoms with van der Waals surface area (Å²) in [5, 5.41) is 0. The zero-order valence-electron chi connectivity index (χ0n) is 18.3. The molecular formula is C26H23F3N4O. The molecule has 1 fully saturated rings. The SMILES string of the molecule is O=C(c1cccc(C(F)(F)F)c1)N1CCN(Cc2ccccc2)CC1c1nc2ccccc2[nH]1. The molecule has 1 aromatic heterocycles. The van der Waals surface area contributed by atoms with Gasteiger partial charge in [0.15, 0.2) is 0 Å². The summed E-state index contributed by atoms with van der Waals surface area (Å²) in [6.07, 6.45) is -4.51. The fourth-order valence-electron chi connectivity index (χ4n) is 4.43. The van der Waals surface area contributed by atoms with E-state index in [4.69, 9.17) is 4.98 Å². The smallest absolute Gasteiger partial charge is 0.340 e. The minimum absolute atomic E-state index is 0.0208. The van der Waals surface area contributed by atoms with E-state index in [0.29, 0.717) is 32.0 Å². The number of aromatic amines is 1. The zero-order valence-corrected chi connectivity index (χ0v) is 18.3. The third-order valence-corrected chi connectivity index (χ3v) is 6.13. The van der Waals surface area contributed by atoms with Gasteiger partial charge in [0.1, 0.15) is 11.9 Å². The van der Waals surface area contributed by atoms with Crippen LogP contribution in [0.15, 0.2) is 78.9 Å². The molecule has 1 aliphatic heterocycles. The van der Waals surface area contributed by atoms with Crippen molar-refractivity contribution < 1.29 is 18.0 Å². The zero-order chi connectivity index (χ0) is 23.7. The minimum atomic E-state index is -4.51. The number of rotatable bonds is 4. The molecule has 3 aromatic carbocycles. The van der Waals surface area contributed by atoms with Gasteiger partial charge in [0.25, 0.3) is 5.91 Å². The molecule has 2 heterocycles. The van der Waals surface area contributed by atoms with Crippen LogP contribution < -0.4 is 0 Å². The molecule has 174 valence electrons. The van der Waals surface area contributed by atoms with E-state index in [1.165, 1.54) is 12.1 Å². The van der Waals surface area contributed by atoms with E-state index < -0.39 is 23.7 Å². The molecule has 0 bridgehead atoms. The van der Waals surface area contributed by atoms with E-state index in [9.17, 15) is 18.0 Å². The maximum Gasteiger partial charge on any atom is 0.416 e. The van der Waals surface area contributed by atoms with Crippen LogP contribution in [0.1, 0.15) is 33.4 Å². The van der Waals surface area contributed by atoms with Crippen LogP contribution in [0.5, 0.6) is 0 Å². The Morgan fingerprint density at radius 1 is 0.971 bits per heavy atom. The normalized spacial score (nSPS) is 17.3. The Kier molecular flexibility index (Phi) is 5.83. The van der Waals surface area contributed by atoms with E-state index in [-0.39, 0.29) is 5.56 Å². The first-order chi connectivity index (χ1) is 16.4. The monoisotopic (exact) mass is 464 g/mol. The van der Waals surface area contributed by atoms with Crippen LogP contribution in [-0.4, -0.2) is 45.3 Å². The van der Waals surface area contributed by atoms with E-state index in [0.717, 1.165) is 28.7 Å². The number of alkyl halides is 3. The number of fused-ring (bicyclic) bond motifs is 1. The maximum absolute atomic E-state index is 13.4. The van der Waals surface area contributed by atoms with E-state index in [1.54, 1.807) is 4.90 Å². The van der Waals surface area contributed by atoms with Gasteiger partial charge in [-0.15, -0.1) is 0 Å². The lowest BCUT2D eigenvalue weighted by atomic mass is 10.1. The predicted molar refractivity (Wildman–Crippen MR) is 123 cm³/mol. The van der Waals surface area contributed by atoms with Crippen LogP contribution in [0.25, 0.3) is 11.0 Å². The average molecular weight is 464 g/mol. The number of carbonyl (C=O) groups is 1. The van der Waals surface area contributed by atoms with Crippen molar-refractivity contribution in [3.63, 3.8) is 0 Å². The van der Waals surface area contributed by atoms with Gasteiger partial charge in [-0.1, -0.05) is 48.5 Å². The van der Waals surface area contributed by atoms with Crippen molar-refractivity contribution in [2.75, 3.05) is 19.6 Å². The summed E-state index contributed by atoms with van der Waals surface area (Å²) < 4.78 is 39.7. The second-order valence-corrected chi connectivity index (χ2v) is 8.45. The quantitative estimate of drug-likeness (QED) is 0.447. The number of piperazine rings is 1. The van der Waals surface area contributed by atoms with Crippen molar-refractivity contribution in [2.24, 2.45) is 0 Å². The molecule has 8 heteroatoms. The lowest BCUT2D eigenvalue weighted by Gasteiger charge is -2.40. The summed E-state index contributed by atoms with van der Waals surface area (Å²) >= 11 is 0. The second-order valence-electron chi connectivity index (χ2n) is 8.45. The molecule has 1 N–H and O–H groups in total. The first-order valence-electron chi connectivity index (χ1n) is 11.1. The summed E-state index contributed by atoms with van der Waals surface area (Å²) in [7, 11) is 0. The standard InChI is InChI=1S/C26H23F3N4O/c27-26(28,29)20-10-6-9-19(15-20)25(34)33-14-13-32(16-18-7-2-1-3-8-18)17-23(33)24-30-21-11-4-5-12-22(21)31-24/h1-12,15,23H,13-14,16-17H2,(H,30,31). The highest BCUT2D eigenvalue weighted by Gasteiger charge is 2.36. The number of imidazole rings is 1. The lowest BCUT2D eigenvalue weighted by Crippen LogP contribution is -2.50. The molecule has 0 saturated carbocycles. The van der Waals surface area contributed by atoms with Crippen LogP contribution in [0.4, 0.5) is 13.2 Å². The number of carbonyl (C=O) groups excluding carboxylic acids is 1. The first-order valence-corrected chi connectivity index (χ1v) is 11.1. The molecule has 5 nitrogen and oxygen atoms in total. The number of aromatic nitrogens is 2. The molecule has 0 aliphatic carbocycles. The number of H-pyrrole nitrogens is 1. The molecular weight excluding hydrogens is 441 g/mol. The molecule has 4 aromatic rings. The summed E-state index contributed by atoms with van der Waals surface area (Å²) in [5.74, 6) is 0.190. The molecule has 34 heavy (non-hydrogen) atoms. The van der Waals surface area contributed by atoms with E-state index >= 15 is 0 Å². The fraction of sp³-hybridized carbons (Fsp3) is 0.231. The first kappa shape index (κ1) is 22.2. The van der Waals surface area contributed by atoms with Crippen molar-refractivity contribution >= 4 is 16.9 Å². The Labute approximate surface area is 194 Å². The molecule has 1 aliphatic rings. The third-order valence-electron chi connectivity index (χ3n) is 6.13. The highest BCUT2D eigenvalue weighted by Crippen LogP contribution is 2.32. The van der Waals surface area contributed by atoms with Gasteiger partial charge in [0.05, 0.1) is 16.6 Å². The lowest BCUT2D eigenvalue weighted by molar-refractivity contribution is -0.137. The highest BCUT2D eigenvalue weighted by molar-refractivity contribution is 5.95. The molecule has 5 rings (SSSR count). The van der Waals surface area contributed by atoms with Gasteiger partial charge in [-0.3, -0.25) is 9.69 Å². The minimum Gasteiger partial charge on any atom is -0.340 e. The van der Waals surface area contributed by atoms with Crippen LogP contribution in [0.3, 0.4) is 0 Å². The molecule has 0 spiro atoms. The number of halogens is 3. The molecule has 1 amide bonds. The molecule has 1 atom stereocenters. The fourth-order valence-corrected chi connectivity index (χ4v) is 4.43. The highest BCUT2D eigenvalue weighted by atomic mass is 19.4. The van der Waals surface area contributed by atoms with Crippen LogP contribution in [0.2, 0.25) is 0 Å². The number of hydrogen-bond donors (Lipinski definition) is 1. The Hall–Kier alpha value is -3.65. The Bertz CT molecular complexity index is 1270. The van der Waals surface area contributed by atoms with Crippen molar-refractivity contribution in [1.29, 1.82) is 0 Å². The number of para-hydroxylation sites is 2. The largest absolute Gasteiger partial charge is 0.416 e. The van der Waals surface area contributed by atoms with Crippen LogP contribution in [-0.2, 0) is 12.7 Å². The second kappa shape index (κ2) is 8.95. The summed E-state index contributed by atoms with van der Waals surface area (Å²) in [4.78, 5) is 25.3. The number of nitrogens with zero attached hydrogens (tertiary/aromatic N) is 3. The molecule has 1 unspecified atom stereocenters. The summed E-state index contributed by atoms with van der Waals surface area (Å²) in [6, 6.07) is 21.8. The van der Waals surface area contributed by atoms with Crippen LogP contribution >= 0.6 is 0 Å². The van der Waals surface area contributed by atoms with Crippen LogP contribution in [0, 0.1) is 0 Å². The van der Waals surface area contributed by atoms with Gasteiger partial charge < -0.3 is 9.88 Å². The Balaban J connectivity index is 1.47. The van der Waals surface area contributed by atoms with Gasteiger partial charge in [0.2, 0.25) is 0 Å². The van der Waals surface area contributed by atoms with Crippen molar-refractivity contribution in [1.82, 2.24) is 19.8 Å². The Morgan fingerprint density at radius 2 is 1.74 bits per heavy atom. The topological polar surface area (TPSA) is 52.2 Å². The third kappa shape index (κ3) is 4.54. The predicted octanol–water partition coefficient (Wildman–Crippen LogP) is 5.28.